The lowest BCUT2D eigenvalue weighted by Gasteiger charge is -2.30. The van der Waals surface area contributed by atoms with Crippen LogP contribution in [-0.2, 0) is 32.2 Å². The first-order valence-corrected chi connectivity index (χ1v) is 9.56. The summed E-state index contributed by atoms with van der Waals surface area (Å²) in [5.41, 5.74) is -0.100. The number of Topliss-reactive ketones (excluding diaryl/α,β-unsaturated/α-hetero) is 1. The summed E-state index contributed by atoms with van der Waals surface area (Å²) in [6.07, 6.45) is 1.48. The first kappa shape index (κ1) is 21.3. The van der Waals surface area contributed by atoms with Gasteiger partial charge in [-0.25, -0.2) is 9.48 Å². The zero-order chi connectivity index (χ0) is 19.8. The lowest BCUT2D eigenvalue weighted by atomic mass is 9.95. The fourth-order valence-corrected chi connectivity index (χ4v) is 3.41. The zero-order valence-corrected chi connectivity index (χ0v) is 16.5. The van der Waals surface area contributed by atoms with Crippen molar-refractivity contribution in [2.24, 2.45) is 0 Å². The minimum Gasteiger partial charge on any atom is -0.466 e. The lowest BCUT2D eigenvalue weighted by Crippen LogP contribution is -2.38. The molecule has 0 N–H and O–H groups in total. The van der Waals surface area contributed by atoms with Gasteiger partial charge in [-0.15, -0.1) is 0 Å². The van der Waals surface area contributed by atoms with E-state index in [1.807, 2.05) is 11.8 Å². The van der Waals surface area contributed by atoms with Gasteiger partial charge >= 0.3 is 11.7 Å². The monoisotopic (exact) mass is 382 g/mol. The average molecular weight is 382 g/mol. The van der Waals surface area contributed by atoms with Crippen LogP contribution in [0.1, 0.15) is 44.9 Å². The normalized spacial score (nSPS) is 15.8. The number of carbonyl (C=O) groups is 2. The Morgan fingerprint density at radius 2 is 1.93 bits per heavy atom. The van der Waals surface area contributed by atoms with Crippen LogP contribution in [0.15, 0.2) is 4.79 Å². The van der Waals surface area contributed by atoms with Crippen LogP contribution in [0, 0.1) is 0 Å². The van der Waals surface area contributed by atoms with E-state index in [4.69, 9.17) is 9.47 Å². The Hall–Kier alpha value is -2.00. The van der Waals surface area contributed by atoms with Crippen molar-refractivity contribution in [3.05, 3.63) is 16.3 Å². The molecule has 2 rings (SSSR count). The molecule has 0 spiro atoms. The smallest absolute Gasteiger partial charge is 0.345 e. The molecule has 1 aromatic rings. The van der Waals surface area contributed by atoms with E-state index >= 15 is 0 Å². The van der Waals surface area contributed by atoms with Crippen molar-refractivity contribution in [2.45, 2.75) is 52.1 Å². The molecule has 9 heteroatoms. The van der Waals surface area contributed by atoms with Crippen LogP contribution in [0.4, 0.5) is 0 Å². The van der Waals surface area contributed by atoms with Crippen molar-refractivity contribution in [3.63, 3.8) is 0 Å². The van der Waals surface area contributed by atoms with Gasteiger partial charge in [0.1, 0.15) is 12.2 Å². The van der Waals surface area contributed by atoms with E-state index in [1.54, 1.807) is 18.6 Å². The van der Waals surface area contributed by atoms with Crippen LogP contribution < -0.4 is 5.69 Å². The van der Waals surface area contributed by atoms with E-state index in [9.17, 15) is 14.4 Å². The number of rotatable bonds is 10. The van der Waals surface area contributed by atoms with Crippen LogP contribution in [0.5, 0.6) is 0 Å². The minimum absolute atomic E-state index is 0.100. The van der Waals surface area contributed by atoms with Crippen molar-refractivity contribution >= 4 is 11.8 Å². The Labute approximate surface area is 159 Å². The Balaban J connectivity index is 1.92. The van der Waals surface area contributed by atoms with Crippen molar-refractivity contribution in [2.75, 3.05) is 40.0 Å². The molecule has 1 aromatic heterocycles. The van der Waals surface area contributed by atoms with Crippen LogP contribution in [0.3, 0.4) is 0 Å². The van der Waals surface area contributed by atoms with Crippen molar-refractivity contribution in [1.29, 1.82) is 0 Å². The highest BCUT2D eigenvalue weighted by atomic mass is 16.5. The highest BCUT2D eigenvalue weighted by molar-refractivity contribution is 5.96. The molecule has 1 aliphatic rings. The average Bonchev–Trinajstić information content (AvgIpc) is 2.96. The summed E-state index contributed by atoms with van der Waals surface area (Å²) < 4.78 is 13.0. The predicted molar refractivity (Wildman–Crippen MR) is 98.7 cm³/mol. The molecular weight excluding hydrogens is 352 g/mol. The van der Waals surface area contributed by atoms with Gasteiger partial charge in [0.2, 0.25) is 0 Å². The highest BCUT2D eigenvalue weighted by Crippen LogP contribution is 2.26. The molecule has 152 valence electrons. The molecule has 0 atom stereocenters. The van der Waals surface area contributed by atoms with E-state index in [-0.39, 0.29) is 37.0 Å². The van der Waals surface area contributed by atoms with Gasteiger partial charge < -0.3 is 9.47 Å². The summed E-state index contributed by atoms with van der Waals surface area (Å²) in [5.74, 6) is 0.418. The number of hydrogen-bond donors (Lipinski definition) is 0. The molecule has 0 aliphatic carbocycles. The first-order chi connectivity index (χ1) is 13.0. The fraction of sp³-hybridized carbons (Fsp3) is 0.778. The molecule has 0 bridgehead atoms. The second kappa shape index (κ2) is 10.4. The number of methoxy groups -OCH3 is 1. The number of aromatic nitrogens is 3. The third kappa shape index (κ3) is 5.74. The zero-order valence-electron chi connectivity index (χ0n) is 16.5. The molecule has 2 heterocycles. The summed E-state index contributed by atoms with van der Waals surface area (Å²) in [4.78, 5) is 37.9. The van der Waals surface area contributed by atoms with Gasteiger partial charge in [-0.2, -0.15) is 5.10 Å². The summed E-state index contributed by atoms with van der Waals surface area (Å²) in [5, 5.41) is 4.53. The summed E-state index contributed by atoms with van der Waals surface area (Å²) >= 11 is 0. The third-order valence-electron chi connectivity index (χ3n) is 4.77. The van der Waals surface area contributed by atoms with Gasteiger partial charge in [0.15, 0.2) is 5.78 Å². The number of likely N-dealkylation sites (tertiary alicyclic amines) is 1. The topological polar surface area (TPSA) is 95.7 Å². The SMILES string of the molecule is CCOC(=O)CC(=O)CN1CCC(c2nn(CCOC)c(=O)n2CC)CC1. The predicted octanol–water partition coefficient (Wildman–Crippen LogP) is 0.413. The molecule has 0 saturated carbocycles. The fourth-order valence-electron chi connectivity index (χ4n) is 3.41. The van der Waals surface area contributed by atoms with Gasteiger partial charge in [0, 0.05) is 19.6 Å². The molecule has 9 nitrogen and oxygen atoms in total. The standard InChI is InChI=1S/C18H30N4O5/c1-4-21-17(19-22(18(21)25)10-11-26-3)14-6-8-20(9-7-14)13-15(23)12-16(24)27-5-2/h14H,4-13H2,1-3H3. The number of ether oxygens (including phenoxy) is 2. The summed E-state index contributed by atoms with van der Waals surface area (Å²) in [6, 6.07) is 0. The van der Waals surface area contributed by atoms with Crippen LogP contribution in [0.25, 0.3) is 0 Å². The largest absolute Gasteiger partial charge is 0.466 e. The summed E-state index contributed by atoms with van der Waals surface area (Å²) in [7, 11) is 1.60. The Morgan fingerprint density at radius 3 is 2.52 bits per heavy atom. The Bertz CT molecular complexity index is 688. The number of ketones is 1. The molecule has 27 heavy (non-hydrogen) atoms. The molecule has 1 aliphatic heterocycles. The second-order valence-electron chi connectivity index (χ2n) is 6.67. The third-order valence-corrected chi connectivity index (χ3v) is 4.77. The maximum absolute atomic E-state index is 12.4. The number of carbonyl (C=O) groups excluding carboxylic acids is 2. The highest BCUT2D eigenvalue weighted by Gasteiger charge is 2.27. The minimum atomic E-state index is -0.467. The van der Waals surface area contributed by atoms with Gasteiger partial charge in [-0.05, 0) is 39.8 Å². The molecule has 0 aromatic carbocycles. The van der Waals surface area contributed by atoms with Crippen LogP contribution >= 0.6 is 0 Å². The Morgan fingerprint density at radius 1 is 1.22 bits per heavy atom. The quantitative estimate of drug-likeness (QED) is 0.427. The van der Waals surface area contributed by atoms with E-state index in [2.05, 4.69) is 5.10 Å². The second-order valence-corrected chi connectivity index (χ2v) is 6.67. The van der Waals surface area contributed by atoms with E-state index in [0.29, 0.717) is 19.7 Å². The molecule has 1 saturated heterocycles. The van der Waals surface area contributed by atoms with Gasteiger partial charge in [-0.3, -0.25) is 19.1 Å². The van der Waals surface area contributed by atoms with Gasteiger partial charge in [0.05, 0.1) is 26.3 Å². The van der Waals surface area contributed by atoms with E-state index < -0.39 is 5.97 Å². The number of hydrogen-bond acceptors (Lipinski definition) is 7. The summed E-state index contributed by atoms with van der Waals surface area (Å²) in [6.45, 7) is 7.15. The Kier molecular flexibility index (Phi) is 8.18. The molecule has 0 radical (unpaired) electrons. The number of nitrogens with zero attached hydrogens (tertiary/aromatic N) is 4. The van der Waals surface area contributed by atoms with Crippen LogP contribution in [-0.4, -0.2) is 71.0 Å². The van der Waals surface area contributed by atoms with Crippen molar-refractivity contribution < 1.29 is 19.1 Å². The number of piperidine rings is 1. The van der Waals surface area contributed by atoms with Crippen molar-refractivity contribution in [1.82, 2.24) is 19.2 Å². The van der Waals surface area contributed by atoms with Gasteiger partial charge in [-0.1, -0.05) is 0 Å². The molecule has 0 amide bonds. The maximum Gasteiger partial charge on any atom is 0.345 e. The van der Waals surface area contributed by atoms with Crippen molar-refractivity contribution in [3.8, 4) is 0 Å². The maximum atomic E-state index is 12.4. The van der Waals surface area contributed by atoms with Gasteiger partial charge in [0.25, 0.3) is 0 Å². The first-order valence-electron chi connectivity index (χ1n) is 9.56. The molecule has 0 unspecified atom stereocenters. The number of esters is 1. The van der Waals surface area contributed by atoms with E-state index in [0.717, 1.165) is 31.8 Å². The molecule has 1 fully saturated rings. The van der Waals surface area contributed by atoms with Crippen LogP contribution in [0.2, 0.25) is 0 Å². The van der Waals surface area contributed by atoms with E-state index in [1.165, 1.54) is 4.68 Å². The lowest BCUT2D eigenvalue weighted by molar-refractivity contribution is -0.145. The molecular formula is C18H30N4O5.